The van der Waals surface area contributed by atoms with Gasteiger partial charge < -0.3 is 10.4 Å². The molecule has 0 spiro atoms. The molecule has 7 heteroatoms. The minimum absolute atomic E-state index is 0.284. The Morgan fingerprint density at radius 3 is 1.63 bits per heavy atom. The molecule has 0 saturated heterocycles. The Morgan fingerprint density at radius 1 is 0.743 bits per heavy atom. The van der Waals surface area contributed by atoms with Gasteiger partial charge in [0.1, 0.15) is 0 Å². The maximum atomic E-state index is 12.3. The lowest BCUT2D eigenvalue weighted by Gasteiger charge is -2.21. The average Bonchev–Trinajstić information content (AvgIpc) is 2.80. The first-order chi connectivity index (χ1) is 16.8. The predicted molar refractivity (Wildman–Crippen MR) is 147 cm³/mol. The molecular weight excluding hydrogens is 462 g/mol. The normalized spacial score (nSPS) is 13.8. The highest BCUT2D eigenvalue weighted by molar-refractivity contribution is 7.85. The van der Waals surface area contributed by atoms with Gasteiger partial charge in [-0.05, 0) is 19.3 Å². The van der Waals surface area contributed by atoms with Crippen molar-refractivity contribution >= 4 is 16.0 Å². The summed E-state index contributed by atoms with van der Waals surface area (Å²) < 4.78 is 31.9. The molecule has 35 heavy (non-hydrogen) atoms. The molecule has 0 aliphatic carbocycles. The minimum Gasteiger partial charge on any atom is -0.387 e. The van der Waals surface area contributed by atoms with E-state index in [0.717, 1.165) is 38.5 Å². The Balaban J connectivity index is 4.04. The summed E-state index contributed by atoms with van der Waals surface area (Å²) in [6.07, 6.45) is 25.0. The molecule has 2 unspecified atom stereocenters. The summed E-state index contributed by atoms with van der Waals surface area (Å²) in [5, 5.41) is 13.0. The van der Waals surface area contributed by atoms with E-state index in [4.69, 9.17) is 0 Å². The molecule has 3 N–H and O–H groups in total. The van der Waals surface area contributed by atoms with Gasteiger partial charge >= 0.3 is 0 Å². The molecule has 0 aromatic carbocycles. The summed E-state index contributed by atoms with van der Waals surface area (Å²) in [7, 11) is -4.32. The molecule has 2 atom stereocenters. The molecule has 0 bridgehead atoms. The smallest absolute Gasteiger partial charge is 0.267 e. The van der Waals surface area contributed by atoms with Crippen LogP contribution < -0.4 is 5.32 Å². The molecular formula is C28H55NO5S. The van der Waals surface area contributed by atoms with Gasteiger partial charge in [-0.2, -0.15) is 8.42 Å². The van der Waals surface area contributed by atoms with Crippen LogP contribution in [0.4, 0.5) is 0 Å². The van der Waals surface area contributed by atoms with E-state index in [0.29, 0.717) is 6.42 Å². The van der Waals surface area contributed by atoms with Gasteiger partial charge in [-0.3, -0.25) is 9.35 Å². The van der Waals surface area contributed by atoms with Crippen molar-refractivity contribution in [3.63, 3.8) is 0 Å². The highest BCUT2D eigenvalue weighted by atomic mass is 32.2. The number of nitrogens with one attached hydrogen (secondary N) is 1. The fraction of sp³-hybridized carbons (Fsp3) is 0.893. The van der Waals surface area contributed by atoms with Crippen LogP contribution >= 0.6 is 0 Å². The summed E-state index contributed by atoms with van der Waals surface area (Å²) in [4.78, 5) is 12.3. The second-order valence-corrected chi connectivity index (χ2v) is 11.5. The second-order valence-electron chi connectivity index (χ2n) is 10.0. The SMILES string of the molecule is CCCCCCC/C=C/C(O)C(CS(=O)(=O)O)NC(=O)CCCCCCCCCCCCCCC. The number of carbonyl (C=O) groups is 1. The van der Waals surface area contributed by atoms with Crippen molar-refractivity contribution in [2.45, 2.75) is 154 Å². The number of aliphatic hydroxyl groups is 1. The number of allylic oxidation sites excluding steroid dienone is 1. The van der Waals surface area contributed by atoms with Gasteiger partial charge in [-0.1, -0.05) is 129 Å². The van der Waals surface area contributed by atoms with Crippen molar-refractivity contribution in [1.82, 2.24) is 5.32 Å². The number of rotatable bonds is 25. The minimum atomic E-state index is -4.32. The molecule has 0 radical (unpaired) electrons. The fourth-order valence-electron chi connectivity index (χ4n) is 4.27. The van der Waals surface area contributed by atoms with Gasteiger partial charge in [0.25, 0.3) is 10.1 Å². The van der Waals surface area contributed by atoms with Crippen LogP contribution in [0, 0.1) is 0 Å². The molecule has 0 aliphatic heterocycles. The Kier molecular flexibility index (Phi) is 22.9. The maximum Gasteiger partial charge on any atom is 0.267 e. The van der Waals surface area contributed by atoms with Crippen molar-refractivity contribution in [1.29, 1.82) is 0 Å². The first-order valence-electron chi connectivity index (χ1n) is 14.4. The number of amides is 1. The van der Waals surface area contributed by atoms with Crippen LogP contribution in [0.1, 0.15) is 142 Å². The zero-order valence-corrected chi connectivity index (χ0v) is 23.5. The molecule has 1 amide bonds. The van der Waals surface area contributed by atoms with Crippen molar-refractivity contribution in [3.05, 3.63) is 12.2 Å². The molecule has 6 nitrogen and oxygen atoms in total. The number of aliphatic hydroxyl groups excluding tert-OH is 1. The molecule has 0 rings (SSSR count). The van der Waals surface area contributed by atoms with E-state index in [1.165, 1.54) is 89.5 Å². The predicted octanol–water partition coefficient (Wildman–Crippen LogP) is 7.12. The van der Waals surface area contributed by atoms with Crippen molar-refractivity contribution < 1.29 is 22.9 Å². The highest BCUT2D eigenvalue weighted by Crippen LogP contribution is 2.13. The zero-order chi connectivity index (χ0) is 26.2. The van der Waals surface area contributed by atoms with E-state index in [1.807, 2.05) is 6.08 Å². The van der Waals surface area contributed by atoms with Crippen LogP contribution in [-0.4, -0.2) is 41.9 Å². The molecule has 0 aromatic heterocycles. The second kappa shape index (κ2) is 23.5. The van der Waals surface area contributed by atoms with Gasteiger partial charge in [0, 0.05) is 6.42 Å². The third kappa shape index (κ3) is 24.5. The maximum absolute atomic E-state index is 12.3. The lowest BCUT2D eigenvalue weighted by Crippen LogP contribution is -2.46. The first-order valence-corrected chi connectivity index (χ1v) is 16.0. The number of hydrogen-bond donors (Lipinski definition) is 3. The Labute approximate surface area is 216 Å². The lowest BCUT2D eigenvalue weighted by atomic mass is 10.0. The number of unbranched alkanes of at least 4 members (excludes halogenated alkanes) is 17. The van der Waals surface area contributed by atoms with Crippen LogP contribution in [-0.2, 0) is 14.9 Å². The summed E-state index contributed by atoms with van der Waals surface area (Å²) in [6, 6.07) is -1.05. The standard InChI is InChI=1S/C28H55NO5S/c1-3-5-7-9-11-12-13-14-15-16-18-20-22-24-28(31)29-26(25-35(32,33)34)27(30)23-21-19-17-10-8-6-4-2/h21,23,26-27,30H,3-20,22,24-25H2,1-2H3,(H,29,31)(H,32,33,34)/b23-21+. The monoisotopic (exact) mass is 517 g/mol. The van der Waals surface area contributed by atoms with Gasteiger partial charge in [0.2, 0.25) is 5.91 Å². The van der Waals surface area contributed by atoms with E-state index in [1.54, 1.807) is 0 Å². The Hall–Kier alpha value is -0.920. The molecule has 0 aromatic rings. The van der Waals surface area contributed by atoms with Gasteiger partial charge in [0.15, 0.2) is 0 Å². The zero-order valence-electron chi connectivity index (χ0n) is 22.7. The van der Waals surface area contributed by atoms with Crippen LogP contribution in [0.2, 0.25) is 0 Å². The van der Waals surface area contributed by atoms with Gasteiger partial charge in [0.05, 0.1) is 17.9 Å². The number of hydrogen-bond acceptors (Lipinski definition) is 4. The molecule has 208 valence electrons. The van der Waals surface area contributed by atoms with Crippen molar-refractivity contribution in [2.24, 2.45) is 0 Å². The van der Waals surface area contributed by atoms with E-state index >= 15 is 0 Å². The van der Waals surface area contributed by atoms with E-state index in [2.05, 4.69) is 19.2 Å². The topological polar surface area (TPSA) is 104 Å². The van der Waals surface area contributed by atoms with Crippen LogP contribution in [0.5, 0.6) is 0 Å². The van der Waals surface area contributed by atoms with Crippen LogP contribution in [0.15, 0.2) is 12.2 Å². The van der Waals surface area contributed by atoms with Crippen molar-refractivity contribution in [3.8, 4) is 0 Å². The summed E-state index contributed by atoms with van der Waals surface area (Å²) in [5.41, 5.74) is 0. The van der Waals surface area contributed by atoms with E-state index in [-0.39, 0.29) is 5.91 Å². The summed E-state index contributed by atoms with van der Waals surface area (Å²) >= 11 is 0. The Morgan fingerprint density at radius 2 is 1.17 bits per heavy atom. The van der Waals surface area contributed by atoms with Crippen LogP contribution in [0.3, 0.4) is 0 Å². The number of carbonyl (C=O) groups excluding carboxylic acids is 1. The third-order valence-electron chi connectivity index (χ3n) is 6.46. The van der Waals surface area contributed by atoms with E-state index in [9.17, 15) is 22.9 Å². The average molecular weight is 518 g/mol. The van der Waals surface area contributed by atoms with Crippen molar-refractivity contribution in [2.75, 3.05) is 5.75 Å². The Bertz CT molecular complexity index is 621. The lowest BCUT2D eigenvalue weighted by molar-refractivity contribution is -0.122. The summed E-state index contributed by atoms with van der Waals surface area (Å²) in [5.74, 6) is -0.979. The molecule has 0 saturated carbocycles. The first kappa shape index (κ1) is 34.1. The highest BCUT2D eigenvalue weighted by Gasteiger charge is 2.24. The quantitative estimate of drug-likeness (QED) is 0.0679. The third-order valence-corrected chi connectivity index (χ3v) is 7.24. The fourth-order valence-corrected chi connectivity index (χ4v) is 5.00. The van der Waals surface area contributed by atoms with E-state index < -0.39 is 28.0 Å². The molecule has 0 aliphatic rings. The molecule has 0 fully saturated rings. The van der Waals surface area contributed by atoms with Crippen LogP contribution in [0.25, 0.3) is 0 Å². The van der Waals surface area contributed by atoms with Gasteiger partial charge in [-0.15, -0.1) is 0 Å². The van der Waals surface area contributed by atoms with Gasteiger partial charge in [-0.25, -0.2) is 0 Å². The summed E-state index contributed by atoms with van der Waals surface area (Å²) in [6.45, 7) is 4.41. The largest absolute Gasteiger partial charge is 0.387 e. The molecule has 0 heterocycles.